The minimum atomic E-state index is -0.408. The number of hydrogen-bond donors (Lipinski definition) is 0. The van der Waals surface area contributed by atoms with Crippen LogP contribution >= 0.6 is 11.6 Å². The van der Waals surface area contributed by atoms with Crippen LogP contribution in [0.5, 0.6) is 0 Å². The van der Waals surface area contributed by atoms with E-state index in [9.17, 15) is 9.18 Å². The van der Waals surface area contributed by atoms with E-state index < -0.39 is 11.2 Å². The van der Waals surface area contributed by atoms with Crippen LogP contribution in [0.1, 0.15) is 24.0 Å². The number of halogens is 2. The molecule has 0 spiro atoms. The van der Waals surface area contributed by atoms with E-state index in [-0.39, 0.29) is 12.2 Å². The van der Waals surface area contributed by atoms with Crippen LogP contribution in [0.3, 0.4) is 0 Å². The van der Waals surface area contributed by atoms with Gasteiger partial charge < -0.3 is 0 Å². The fourth-order valence-corrected chi connectivity index (χ4v) is 2.78. The van der Waals surface area contributed by atoms with Gasteiger partial charge in [-0.25, -0.2) is 4.39 Å². The van der Waals surface area contributed by atoms with Crippen LogP contribution in [0, 0.1) is 5.82 Å². The van der Waals surface area contributed by atoms with Gasteiger partial charge in [-0.3, -0.25) is 4.79 Å². The highest BCUT2D eigenvalue weighted by Crippen LogP contribution is 2.49. The lowest BCUT2D eigenvalue weighted by Gasteiger charge is -2.14. The van der Waals surface area contributed by atoms with E-state index in [1.807, 2.05) is 30.3 Å². The first-order chi connectivity index (χ1) is 9.62. The van der Waals surface area contributed by atoms with Crippen molar-refractivity contribution in [2.75, 3.05) is 0 Å². The standard InChI is InChI=1S/C17H14ClFO/c18-14-7-6-12(15(19)11-14)10-16(20)17(8-9-17)13-4-2-1-3-5-13/h1-7,11H,8-10H2. The Balaban J connectivity index is 1.83. The summed E-state index contributed by atoms with van der Waals surface area (Å²) in [5.74, 6) is -0.320. The Morgan fingerprint density at radius 1 is 1.15 bits per heavy atom. The van der Waals surface area contributed by atoms with E-state index in [2.05, 4.69) is 0 Å². The number of hydrogen-bond acceptors (Lipinski definition) is 1. The molecular formula is C17H14ClFO. The summed E-state index contributed by atoms with van der Waals surface area (Å²) in [7, 11) is 0. The first-order valence-electron chi connectivity index (χ1n) is 6.65. The Hall–Kier alpha value is -1.67. The number of rotatable bonds is 4. The molecule has 0 aromatic heterocycles. The molecule has 1 fully saturated rings. The average Bonchev–Trinajstić information content (AvgIpc) is 3.24. The van der Waals surface area contributed by atoms with E-state index in [1.165, 1.54) is 6.07 Å². The van der Waals surface area contributed by atoms with Crippen LogP contribution in [0.25, 0.3) is 0 Å². The van der Waals surface area contributed by atoms with Gasteiger partial charge in [-0.05, 0) is 36.1 Å². The molecule has 2 aromatic carbocycles. The molecule has 0 heterocycles. The SMILES string of the molecule is O=C(Cc1ccc(Cl)cc1F)C1(c2ccccc2)CC1. The Morgan fingerprint density at radius 2 is 1.85 bits per heavy atom. The van der Waals surface area contributed by atoms with Crippen molar-refractivity contribution in [1.29, 1.82) is 0 Å². The van der Waals surface area contributed by atoms with E-state index in [1.54, 1.807) is 12.1 Å². The zero-order chi connectivity index (χ0) is 14.2. The maximum Gasteiger partial charge on any atom is 0.147 e. The summed E-state index contributed by atoms with van der Waals surface area (Å²) >= 11 is 5.73. The van der Waals surface area contributed by atoms with Gasteiger partial charge in [0.05, 0.1) is 5.41 Å². The first kappa shape index (κ1) is 13.3. The fourth-order valence-electron chi connectivity index (χ4n) is 2.62. The summed E-state index contributed by atoms with van der Waals surface area (Å²) in [5, 5.41) is 0.350. The predicted octanol–water partition coefficient (Wildman–Crippen LogP) is 4.32. The van der Waals surface area contributed by atoms with Crippen LogP contribution in [0.2, 0.25) is 5.02 Å². The molecule has 0 N–H and O–H groups in total. The highest BCUT2D eigenvalue weighted by Gasteiger charge is 2.50. The highest BCUT2D eigenvalue weighted by molar-refractivity contribution is 6.30. The van der Waals surface area contributed by atoms with Crippen molar-refractivity contribution >= 4 is 17.4 Å². The molecule has 0 aliphatic heterocycles. The van der Waals surface area contributed by atoms with Gasteiger partial charge in [0.2, 0.25) is 0 Å². The van der Waals surface area contributed by atoms with Crippen molar-refractivity contribution in [1.82, 2.24) is 0 Å². The Morgan fingerprint density at radius 3 is 2.45 bits per heavy atom. The van der Waals surface area contributed by atoms with E-state index in [0.717, 1.165) is 18.4 Å². The Kier molecular flexibility index (Phi) is 3.35. The number of carbonyl (C=O) groups is 1. The molecule has 1 aliphatic carbocycles. The molecule has 20 heavy (non-hydrogen) atoms. The van der Waals surface area contributed by atoms with Crippen molar-refractivity contribution in [3.05, 3.63) is 70.5 Å². The summed E-state index contributed by atoms with van der Waals surface area (Å²) in [6.07, 6.45) is 1.83. The van der Waals surface area contributed by atoms with Crippen LogP contribution in [0.15, 0.2) is 48.5 Å². The third kappa shape index (κ3) is 2.36. The number of benzene rings is 2. The second-order valence-electron chi connectivity index (χ2n) is 5.28. The Labute approximate surface area is 122 Å². The topological polar surface area (TPSA) is 17.1 Å². The number of carbonyl (C=O) groups excluding carboxylic acids is 1. The molecule has 0 unspecified atom stereocenters. The minimum absolute atomic E-state index is 0.0879. The summed E-state index contributed by atoms with van der Waals surface area (Å²) in [6.45, 7) is 0. The molecule has 0 atom stereocenters. The number of Topliss-reactive ketones (excluding diaryl/α,β-unsaturated/α-hetero) is 1. The molecular weight excluding hydrogens is 275 g/mol. The van der Waals surface area contributed by atoms with Crippen molar-refractivity contribution in [2.24, 2.45) is 0 Å². The molecule has 1 saturated carbocycles. The zero-order valence-electron chi connectivity index (χ0n) is 10.9. The zero-order valence-corrected chi connectivity index (χ0v) is 11.7. The summed E-state index contributed by atoms with van der Waals surface area (Å²) < 4.78 is 13.8. The third-order valence-corrected chi connectivity index (χ3v) is 4.21. The van der Waals surface area contributed by atoms with Gasteiger partial charge in [-0.2, -0.15) is 0 Å². The molecule has 0 radical (unpaired) electrons. The molecule has 3 rings (SSSR count). The third-order valence-electron chi connectivity index (χ3n) is 3.98. The van der Waals surface area contributed by atoms with Gasteiger partial charge in [-0.1, -0.05) is 48.0 Å². The summed E-state index contributed by atoms with van der Waals surface area (Å²) in [4.78, 5) is 12.5. The molecule has 2 aromatic rings. The molecule has 0 amide bonds. The second kappa shape index (κ2) is 5.02. The van der Waals surface area contributed by atoms with Crippen LogP contribution < -0.4 is 0 Å². The van der Waals surface area contributed by atoms with E-state index >= 15 is 0 Å². The monoisotopic (exact) mass is 288 g/mol. The second-order valence-corrected chi connectivity index (χ2v) is 5.72. The maximum atomic E-state index is 13.8. The normalized spacial score (nSPS) is 15.9. The highest BCUT2D eigenvalue weighted by atomic mass is 35.5. The van der Waals surface area contributed by atoms with Gasteiger partial charge in [0.1, 0.15) is 11.6 Å². The van der Waals surface area contributed by atoms with Crippen LogP contribution in [0.4, 0.5) is 4.39 Å². The van der Waals surface area contributed by atoms with E-state index in [0.29, 0.717) is 10.6 Å². The fraction of sp³-hybridized carbons (Fsp3) is 0.235. The van der Waals surface area contributed by atoms with Gasteiger partial charge in [-0.15, -0.1) is 0 Å². The average molecular weight is 289 g/mol. The number of ketones is 1. The van der Waals surface area contributed by atoms with Gasteiger partial charge >= 0.3 is 0 Å². The van der Waals surface area contributed by atoms with Crippen LogP contribution in [-0.2, 0) is 16.6 Å². The molecule has 0 bridgehead atoms. The van der Waals surface area contributed by atoms with E-state index in [4.69, 9.17) is 11.6 Å². The minimum Gasteiger partial charge on any atom is -0.298 e. The summed E-state index contributed by atoms with van der Waals surface area (Å²) in [5.41, 5.74) is 1.06. The van der Waals surface area contributed by atoms with Gasteiger partial charge in [0.25, 0.3) is 0 Å². The van der Waals surface area contributed by atoms with Crippen LogP contribution in [-0.4, -0.2) is 5.78 Å². The van der Waals surface area contributed by atoms with Gasteiger partial charge in [0.15, 0.2) is 0 Å². The largest absolute Gasteiger partial charge is 0.298 e. The predicted molar refractivity (Wildman–Crippen MR) is 77.5 cm³/mol. The maximum absolute atomic E-state index is 13.8. The molecule has 3 heteroatoms. The van der Waals surface area contributed by atoms with Crippen molar-refractivity contribution in [3.63, 3.8) is 0 Å². The van der Waals surface area contributed by atoms with Crippen molar-refractivity contribution in [2.45, 2.75) is 24.7 Å². The molecule has 1 aliphatic rings. The van der Waals surface area contributed by atoms with Crippen molar-refractivity contribution in [3.8, 4) is 0 Å². The lowest BCUT2D eigenvalue weighted by atomic mass is 9.88. The smallest absolute Gasteiger partial charge is 0.147 e. The van der Waals surface area contributed by atoms with Gasteiger partial charge in [0, 0.05) is 11.4 Å². The quantitative estimate of drug-likeness (QED) is 0.819. The Bertz CT molecular complexity index is 647. The van der Waals surface area contributed by atoms with Crippen molar-refractivity contribution < 1.29 is 9.18 Å². The lowest BCUT2D eigenvalue weighted by Crippen LogP contribution is -2.22. The lowest BCUT2D eigenvalue weighted by molar-refractivity contribution is -0.120. The molecule has 102 valence electrons. The summed E-state index contributed by atoms with van der Waals surface area (Å²) in [6, 6.07) is 14.2. The first-order valence-corrected chi connectivity index (χ1v) is 7.02. The molecule has 0 saturated heterocycles. The molecule has 1 nitrogen and oxygen atoms in total.